The second-order valence-corrected chi connectivity index (χ2v) is 13.2. The predicted octanol–water partition coefficient (Wildman–Crippen LogP) is -0.0970. The van der Waals surface area contributed by atoms with Gasteiger partial charge in [0.05, 0.1) is 26.4 Å². The monoisotopic (exact) mass is 800 g/mol. The Labute approximate surface area is 321 Å². The van der Waals surface area contributed by atoms with E-state index in [1.165, 1.54) is 56.7 Å². The maximum Gasteiger partial charge on any atom is 0.330 e. The van der Waals surface area contributed by atoms with Crippen molar-refractivity contribution >= 4 is 23.0 Å². The molecule has 19 heteroatoms. The van der Waals surface area contributed by atoms with Crippen molar-refractivity contribution < 1.29 is 88.7 Å². The first-order valence-corrected chi connectivity index (χ1v) is 17.3. The van der Waals surface area contributed by atoms with Crippen LogP contribution in [0, 0.1) is 0 Å². The number of aliphatic hydroxyl groups excluding tert-OH is 6. The van der Waals surface area contributed by atoms with E-state index in [-0.39, 0.29) is 34.3 Å². The Morgan fingerprint density at radius 2 is 1.44 bits per heavy atom. The molecule has 10 N–H and O–H groups in total. The van der Waals surface area contributed by atoms with Gasteiger partial charge >= 0.3 is 5.97 Å². The molecule has 306 valence electrons. The van der Waals surface area contributed by atoms with Crippen LogP contribution in [-0.2, 0) is 23.7 Å². The SMILES string of the molecule is COc1cc(/C=C/C(=O)OC[C@H]2O[C@@H](O[C@@H]3[C@@H](O)[C@H](O)[C@@H](CO)O[C@H]3c3c(O)cc4oc(-c5ccc(O)cc5)cc(=O)c4c3O)[C@H](O)[C@@H](O)[C@@H]2O)cc(OC)c1O. The molecule has 2 aliphatic rings. The lowest BCUT2D eigenvalue weighted by molar-refractivity contribution is -0.342. The molecule has 0 saturated carbocycles. The van der Waals surface area contributed by atoms with E-state index < -0.39 is 108 Å². The fraction of sp³-hybridized carbons (Fsp3) is 0.368. The Balaban J connectivity index is 1.25. The van der Waals surface area contributed by atoms with Crippen LogP contribution in [0.25, 0.3) is 28.4 Å². The third-order valence-electron chi connectivity index (χ3n) is 9.58. The van der Waals surface area contributed by atoms with Crippen molar-refractivity contribution in [2.45, 2.75) is 61.2 Å². The van der Waals surface area contributed by atoms with Crippen molar-refractivity contribution in [3.05, 3.63) is 76.0 Å². The molecule has 19 nitrogen and oxygen atoms in total. The summed E-state index contributed by atoms with van der Waals surface area (Å²) in [4.78, 5) is 26.0. The number of ether oxygens (including phenoxy) is 6. The van der Waals surface area contributed by atoms with Crippen LogP contribution in [0.2, 0.25) is 0 Å². The molecule has 3 heterocycles. The molecule has 2 aliphatic heterocycles. The van der Waals surface area contributed by atoms with Crippen LogP contribution in [0.1, 0.15) is 17.2 Å². The van der Waals surface area contributed by atoms with Crippen LogP contribution in [0.3, 0.4) is 0 Å². The molecule has 2 fully saturated rings. The van der Waals surface area contributed by atoms with Crippen LogP contribution in [0.15, 0.2) is 63.8 Å². The molecule has 0 bridgehead atoms. The topological polar surface area (TPSA) is 305 Å². The van der Waals surface area contributed by atoms with E-state index in [1.54, 1.807) is 0 Å². The number of rotatable bonds is 11. The fourth-order valence-electron chi connectivity index (χ4n) is 6.54. The van der Waals surface area contributed by atoms with E-state index in [0.717, 1.165) is 18.2 Å². The van der Waals surface area contributed by atoms with E-state index >= 15 is 0 Å². The maximum absolute atomic E-state index is 13.4. The van der Waals surface area contributed by atoms with Crippen LogP contribution >= 0.6 is 0 Å². The summed E-state index contributed by atoms with van der Waals surface area (Å²) in [7, 11) is 2.63. The van der Waals surface area contributed by atoms with Crippen LogP contribution in [0.5, 0.6) is 34.5 Å². The fourth-order valence-corrected chi connectivity index (χ4v) is 6.54. The second kappa shape index (κ2) is 16.9. The van der Waals surface area contributed by atoms with Crippen molar-refractivity contribution in [3.63, 3.8) is 0 Å². The van der Waals surface area contributed by atoms with E-state index in [4.69, 9.17) is 32.8 Å². The number of fused-ring (bicyclic) bond motifs is 1. The third kappa shape index (κ3) is 8.19. The minimum atomic E-state index is -2.05. The number of aliphatic hydroxyl groups is 6. The number of benzene rings is 3. The summed E-state index contributed by atoms with van der Waals surface area (Å²) in [5.41, 5.74) is -0.885. The summed E-state index contributed by atoms with van der Waals surface area (Å²) < 4.78 is 38.4. The quantitative estimate of drug-likeness (QED) is 0.0700. The zero-order valence-electron chi connectivity index (χ0n) is 30.1. The minimum Gasteiger partial charge on any atom is -0.508 e. The van der Waals surface area contributed by atoms with Crippen LogP contribution < -0.4 is 14.9 Å². The number of hydrogen-bond donors (Lipinski definition) is 10. The van der Waals surface area contributed by atoms with Crippen molar-refractivity contribution in [1.29, 1.82) is 0 Å². The van der Waals surface area contributed by atoms with Gasteiger partial charge in [-0.15, -0.1) is 0 Å². The van der Waals surface area contributed by atoms with E-state index in [0.29, 0.717) is 11.1 Å². The van der Waals surface area contributed by atoms with Gasteiger partial charge in [0.1, 0.15) is 95.5 Å². The summed E-state index contributed by atoms with van der Waals surface area (Å²) in [6, 6.07) is 10.5. The Morgan fingerprint density at radius 1 is 0.789 bits per heavy atom. The first-order chi connectivity index (χ1) is 27.2. The Hall–Kier alpha value is -5.48. The number of hydrogen-bond acceptors (Lipinski definition) is 19. The average Bonchev–Trinajstić information content (AvgIpc) is 3.19. The highest BCUT2D eigenvalue weighted by Gasteiger charge is 2.52. The highest BCUT2D eigenvalue weighted by atomic mass is 16.7. The molecule has 57 heavy (non-hydrogen) atoms. The summed E-state index contributed by atoms with van der Waals surface area (Å²) in [5, 5.41) is 106. The molecule has 0 radical (unpaired) electrons. The molecule has 10 atom stereocenters. The van der Waals surface area contributed by atoms with E-state index in [1.807, 2.05) is 0 Å². The van der Waals surface area contributed by atoms with Crippen LogP contribution in [0.4, 0.5) is 0 Å². The molecular formula is C38H40O19. The maximum atomic E-state index is 13.4. The minimum absolute atomic E-state index is 0.0205. The summed E-state index contributed by atoms with van der Waals surface area (Å²) in [6.07, 6.45) is -16.3. The normalized spacial score (nSPS) is 27.7. The van der Waals surface area contributed by atoms with Gasteiger partial charge in [-0.2, -0.15) is 0 Å². The molecule has 6 rings (SSSR count). The smallest absolute Gasteiger partial charge is 0.330 e. The van der Waals surface area contributed by atoms with Crippen molar-refractivity contribution in [3.8, 4) is 45.8 Å². The van der Waals surface area contributed by atoms with Gasteiger partial charge in [-0.05, 0) is 48.0 Å². The molecule has 0 spiro atoms. The lowest BCUT2D eigenvalue weighted by Gasteiger charge is -2.46. The third-order valence-corrected chi connectivity index (χ3v) is 9.58. The highest BCUT2D eigenvalue weighted by Crippen LogP contribution is 2.46. The zero-order valence-corrected chi connectivity index (χ0v) is 30.1. The molecule has 2 saturated heterocycles. The predicted molar refractivity (Wildman–Crippen MR) is 192 cm³/mol. The van der Waals surface area contributed by atoms with Gasteiger partial charge in [0, 0.05) is 23.8 Å². The second-order valence-electron chi connectivity index (χ2n) is 13.2. The van der Waals surface area contributed by atoms with Gasteiger partial charge in [-0.3, -0.25) is 4.79 Å². The lowest BCUT2D eigenvalue weighted by Crippen LogP contribution is -2.63. The standard InChI is InChI=1S/C38H40O19/c1-51-22-9-15(10-23(52-2)29(22)44)3-8-26(43)53-14-25-31(46)33(48)35(50)38(56-25)57-37-34(49)30(45)24(13-39)55-36(37)28-19(42)12-21-27(32(28)47)18(41)11-20(54-21)16-4-6-17(40)7-5-16/h3-12,24-25,30-31,33-40,42,44-50H,13-14H2,1-2H3/b8-3+/t24-,25-,30-,31-,33+,34+,35-,36+,37-,38+/m1/s1. The number of phenols is 4. The van der Waals surface area contributed by atoms with Gasteiger partial charge in [0.2, 0.25) is 5.75 Å². The number of carbonyl (C=O) groups is 1. The number of methoxy groups -OCH3 is 2. The molecule has 1 aromatic heterocycles. The van der Waals surface area contributed by atoms with E-state index in [2.05, 4.69) is 0 Å². The number of aromatic hydroxyl groups is 4. The molecule has 0 unspecified atom stereocenters. The van der Waals surface area contributed by atoms with E-state index in [9.17, 15) is 60.7 Å². The number of phenolic OH excluding ortho intramolecular Hbond substituents is 4. The number of esters is 1. The Kier molecular flexibility index (Phi) is 12.2. The van der Waals surface area contributed by atoms with Crippen molar-refractivity contribution in [1.82, 2.24) is 0 Å². The van der Waals surface area contributed by atoms with Crippen LogP contribution in [-0.4, -0.2) is 140 Å². The number of carbonyl (C=O) groups excluding carboxylic acids is 1. The lowest BCUT2D eigenvalue weighted by atomic mass is 9.89. The largest absolute Gasteiger partial charge is 0.508 e. The van der Waals surface area contributed by atoms with Crippen molar-refractivity contribution in [2.75, 3.05) is 27.4 Å². The zero-order chi connectivity index (χ0) is 41.3. The first-order valence-electron chi connectivity index (χ1n) is 17.3. The summed E-state index contributed by atoms with van der Waals surface area (Å²) in [5.74, 6) is -2.76. The first kappa shape index (κ1) is 41.2. The molecule has 0 amide bonds. The molecule has 3 aromatic carbocycles. The average molecular weight is 801 g/mol. The highest BCUT2D eigenvalue weighted by molar-refractivity contribution is 5.88. The molecule has 4 aromatic rings. The van der Waals surface area contributed by atoms with Gasteiger partial charge in [-0.1, -0.05) is 0 Å². The Bertz CT molecular complexity index is 2140. The van der Waals surface area contributed by atoms with Gasteiger partial charge < -0.3 is 83.9 Å². The van der Waals surface area contributed by atoms with Gasteiger partial charge in [0.25, 0.3) is 0 Å². The van der Waals surface area contributed by atoms with Gasteiger partial charge in [0.15, 0.2) is 23.2 Å². The van der Waals surface area contributed by atoms with Crippen molar-refractivity contribution in [2.24, 2.45) is 0 Å². The molecule has 0 aliphatic carbocycles. The van der Waals surface area contributed by atoms with Gasteiger partial charge in [-0.25, -0.2) is 4.79 Å². The Morgan fingerprint density at radius 3 is 2.07 bits per heavy atom. The summed E-state index contributed by atoms with van der Waals surface area (Å²) >= 11 is 0. The molecular weight excluding hydrogens is 760 g/mol. The summed E-state index contributed by atoms with van der Waals surface area (Å²) in [6.45, 7) is -1.59.